The van der Waals surface area contributed by atoms with E-state index in [1.807, 2.05) is 38.1 Å². The molecular formula is C26H40O4. The van der Waals surface area contributed by atoms with Crippen molar-refractivity contribution < 1.29 is 20.4 Å². The van der Waals surface area contributed by atoms with Crippen LogP contribution < -0.4 is 0 Å². The Kier molecular flexibility index (Phi) is 13.7. The lowest BCUT2D eigenvalue weighted by molar-refractivity contribution is 0.178. The number of aliphatic hydroxyl groups excluding tert-OH is 2. The van der Waals surface area contributed by atoms with Crippen molar-refractivity contribution in [1.29, 1.82) is 0 Å². The molecule has 0 bridgehead atoms. The molecule has 0 fully saturated rings. The van der Waals surface area contributed by atoms with E-state index >= 15 is 0 Å². The van der Waals surface area contributed by atoms with Crippen LogP contribution in [-0.4, -0.2) is 32.6 Å². The first kappa shape index (κ1) is 26.0. The number of rotatable bonds is 12. The Bertz CT molecular complexity index is 588. The van der Waals surface area contributed by atoms with E-state index in [0.717, 1.165) is 38.5 Å². The summed E-state index contributed by atoms with van der Waals surface area (Å²) in [6, 6.07) is 14.5. The first-order chi connectivity index (χ1) is 14.4. The number of aliphatic hydroxyl groups is 2. The second-order valence-corrected chi connectivity index (χ2v) is 8.23. The number of phenolic OH excluding ortho intramolecular Hbond substituents is 2. The van der Waals surface area contributed by atoms with Crippen LogP contribution in [-0.2, 0) is 12.8 Å². The lowest BCUT2D eigenvalue weighted by Gasteiger charge is -2.05. The van der Waals surface area contributed by atoms with E-state index in [1.165, 1.54) is 36.8 Å². The Morgan fingerprint density at radius 3 is 1.13 bits per heavy atom. The fourth-order valence-electron chi connectivity index (χ4n) is 3.20. The van der Waals surface area contributed by atoms with Crippen molar-refractivity contribution in [3.63, 3.8) is 0 Å². The van der Waals surface area contributed by atoms with E-state index in [0.29, 0.717) is 11.5 Å². The molecular weight excluding hydrogens is 376 g/mol. The largest absolute Gasteiger partial charge is 0.508 e. The molecule has 0 spiro atoms. The number of benzene rings is 2. The molecule has 0 saturated heterocycles. The molecule has 30 heavy (non-hydrogen) atoms. The molecule has 0 radical (unpaired) electrons. The highest BCUT2D eigenvalue weighted by molar-refractivity contribution is 5.29. The summed E-state index contributed by atoms with van der Waals surface area (Å²) in [5.41, 5.74) is 2.40. The quantitative estimate of drug-likeness (QED) is 0.332. The van der Waals surface area contributed by atoms with Gasteiger partial charge in [0.1, 0.15) is 11.5 Å². The standard InChI is InChI=1S/C14H14O2.C12H26O2/c15-13-7-3-11(4-8-13)1-2-12-5-9-14(16)10-6-12;1-11(13)9-7-5-3-4-6-8-10-12(2)14/h3-10,15-16H,1-2H2;11-14H,3-10H2,1-2H3. The molecule has 4 heteroatoms. The van der Waals surface area contributed by atoms with Crippen molar-refractivity contribution in [3.05, 3.63) is 59.7 Å². The van der Waals surface area contributed by atoms with Crippen molar-refractivity contribution >= 4 is 0 Å². The minimum atomic E-state index is -0.134. The third kappa shape index (κ3) is 14.0. The molecule has 0 aliphatic rings. The van der Waals surface area contributed by atoms with E-state index in [-0.39, 0.29) is 12.2 Å². The smallest absolute Gasteiger partial charge is 0.115 e. The Balaban J connectivity index is 0.000000304. The van der Waals surface area contributed by atoms with E-state index in [2.05, 4.69) is 0 Å². The SMILES string of the molecule is CC(O)CCCCCCCCC(C)O.Oc1ccc(CCc2ccc(O)cc2)cc1. The molecule has 0 aliphatic heterocycles. The van der Waals surface area contributed by atoms with Crippen molar-refractivity contribution in [2.24, 2.45) is 0 Å². The molecule has 2 atom stereocenters. The average Bonchev–Trinajstić information content (AvgIpc) is 2.71. The zero-order chi connectivity index (χ0) is 22.2. The Labute approximate surface area is 182 Å². The summed E-state index contributed by atoms with van der Waals surface area (Å²) in [7, 11) is 0. The Morgan fingerprint density at radius 2 is 0.833 bits per heavy atom. The monoisotopic (exact) mass is 416 g/mol. The summed E-state index contributed by atoms with van der Waals surface area (Å²) < 4.78 is 0. The third-order valence-electron chi connectivity index (χ3n) is 5.07. The van der Waals surface area contributed by atoms with Crippen LogP contribution in [0.3, 0.4) is 0 Å². The predicted molar refractivity (Wildman–Crippen MR) is 124 cm³/mol. The van der Waals surface area contributed by atoms with Crippen LogP contribution in [0, 0.1) is 0 Å². The molecule has 0 saturated carbocycles. The summed E-state index contributed by atoms with van der Waals surface area (Å²) in [6.45, 7) is 3.70. The van der Waals surface area contributed by atoms with Gasteiger partial charge in [0.2, 0.25) is 0 Å². The van der Waals surface area contributed by atoms with Gasteiger partial charge in [0.05, 0.1) is 12.2 Å². The maximum Gasteiger partial charge on any atom is 0.115 e. The number of unbranched alkanes of at least 4 members (excludes halogenated alkanes) is 5. The summed E-state index contributed by atoms with van der Waals surface area (Å²) in [6.07, 6.45) is 10.8. The second kappa shape index (κ2) is 15.8. The van der Waals surface area contributed by atoms with Crippen LogP contribution in [0.15, 0.2) is 48.5 Å². The molecule has 4 N–H and O–H groups in total. The van der Waals surface area contributed by atoms with Crippen molar-refractivity contribution in [2.75, 3.05) is 0 Å². The Hall–Kier alpha value is -2.04. The lowest BCUT2D eigenvalue weighted by atomic mass is 10.0. The van der Waals surface area contributed by atoms with Crippen LogP contribution >= 0.6 is 0 Å². The van der Waals surface area contributed by atoms with Gasteiger partial charge in [0, 0.05) is 0 Å². The fourth-order valence-corrected chi connectivity index (χ4v) is 3.20. The highest BCUT2D eigenvalue weighted by Gasteiger charge is 1.98. The van der Waals surface area contributed by atoms with Gasteiger partial charge in [-0.3, -0.25) is 0 Å². The van der Waals surface area contributed by atoms with Gasteiger partial charge >= 0.3 is 0 Å². The minimum absolute atomic E-state index is 0.134. The topological polar surface area (TPSA) is 80.9 Å². The molecule has 0 aromatic heterocycles. The second-order valence-electron chi connectivity index (χ2n) is 8.23. The number of aryl methyl sites for hydroxylation is 2. The highest BCUT2D eigenvalue weighted by Crippen LogP contribution is 2.14. The maximum absolute atomic E-state index is 9.14. The van der Waals surface area contributed by atoms with Crippen LogP contribution in [0.2, 0.25) is 0 Å². The fraction of sp³-hybridized carbons (Fsp3) is 0.538. The number of aromatic hydroxyl groups is 2. The average molecular weight is 417 g/mol. The van der Waals surface area contributed by atoms with E-state index in [4.69, 9.17) is 20.4 Å². The van der Waals surface area contributed by atoms with Gasteiger partial charge in [0.15, 0.2) is 0 Å². The Morgan fingerprint density at radius 1 is 0.533 bits per heavy atom. The van der Waals surface area contributed by atoms with E-state index in [1.54, 1.807) is 24.3 Å². The van der Waals surface area contributed by atoms with Gasteiger partial charge in [-0.05, 0) is 74.9 Å². The lowest BCUT2D eigenvalue weighted by Crippen LogP contribution is -1.99. The summed E-state index contributed by atoms with van der Waals surface area (Å²) in [4.78, 5) is 0. The first-order valence-electron chi connectivity index (χ1n) is 11.3. The molecule has 2 aromatic carbocycles. The zero-order valence-corrected chi connectivity index (χ0v) is 18.6. The number of phenols is 2. The molecule has 2 rings (SSSR count). The molecule has 168 valence electrons. The molecule has 2 unspecified atom stereocenters. The van der Waals surface area contributed by atoms with Crippen LogP contribution in [0.25, 0.3) is 0 Å². The van der Waals surface area contributed by atoms with Crippen LogP contribution in [0.4, 0.5) is 0 Å². The third-order valence-corrected chi connectivity index (χ3v) is 5.07. The normalized spacial score (nSPS) is 12.7. The summed E-state index contributed by atoms with van der Waals surface area (Å²) in [5.74, 6) is 0.599. The van der Waals surface area contributed by atoms with Crippen molar-refractivity contribution in [3.8, 4) is 11.5 Å². The van der Waals surface area contributed by atoms with Gasteiger partial charge in [-0.1, -0.05) is 62.8 Å². The predicted octanol–water partition coefficient (Wildman–Crippen LogP) is 5.75. The van der Waals surface area contributed by atoms with Gasteiger partial charge < -0.3 is 20.4 Å². The molecule has 0 aliphatic carbocycles. The molecule has 2 aromatic rings. The van der Waals surface area contributed by atoms with Crippen LogP contribution in [0.1, 0.15) is 76.3 Å². The maximum atomic E-state index is 9.14. The van der Waals surface area contributed by atoms with E-state index in [9.17, 15) is 0 Å². The van der Waals surface area contributed by atoms with Gasteiger partial charge in [-0.25, -0.2) is 0 Å². The van der Waals surface area contributed by atoms with E-state index < -0.39 is 0 Å². The van der Waals surface area contributed by atoms with Crippen molar-refractivity contribution in [2.45, 2.75) is 90.3 Å². The first-order valence-corrected chi connectivity index (χ1v) is 11.3. The molecule has 0 heterocycles. The molecule has 0 amide bonds. The molecule has 4 nitrogen and oxygen atoms in total. The van der Waals surface area contributed by atoms with Crippen molar-refractivity contribution in [1.82, 2.24) is 0 Å². The number of hydrogen-bond donors (Lipinski definition) is 4. The van der Waals surface area contributed by atoms with Gasteiger partial charge in [-0.2, -0.15) is 0 Å². The minimum Gasteiger partial charge on any atom is -0.508 e. The van der Waals surface area contributed by atoms with Crippen LogP contribution in [0.5, 0.6) is 11.5 Å². The van der Waals surface area contributed by atoms with Gasteiger partial charge in [-0.15, -0.1) is 0 Å². The zero-order valence-electron chi connectivity index (χ0n) is 18.6. The highest BCUT2D eigenvalue weighted by atomic mass is 16.3. The summed E-state index contributed by atoms with van der Waals surface area (Å²) >= 11 is 0. The van der Waals surface area contributed by atoms with Gasteiger partial charge in [0.25, 0.3) is 0 Å². The number of hydrogen-bond acceptors (Lipinski definition) is 4. The summed E-state index contributed by atoms with van der Waals surface area (Å²) in [5, 5.41) is 36.3.